The zero-order valence-electron chi connectivity index (χ0n) is 16.8. The summed E-state index contributed by atoms with van der Waals surface area (Å²) >= 11 is 0. The van der Waals surface area contributed by atoms with Crippen molar-refractivity contribution < 1.29 is 26.0 Å². The van der Waals surface area contributed by atoms with Gasteiger partial charge in [0.05, 0.1) is 17.6 Å². The molecule has 1 fully saturated rings. The van der Waals surface area contributed by atoms with Crippen LogP contribution in [0.25, 0.3) is 0 Å². The van der Waals surface area contributed by atoms with Crippen LogP contribution >= 0.6 is 0 Å². The van der Waals surface area contributed by atoms with Crippen LogP contribution in [0.3, 0.4) is 0 Å². The molecule has 0 bridgehead atoms. The van der Waals surface area contributed by atoms with Crippen LogP contribution in [0.4, 0.5) is 23.2 Å². The van der Waals surface area contributed by atoms with E-state index in [1.54, 1.807) is 7.05 Å². The maximum Gasteiger partial charge on any atom is 0.417 e. The first-order valence-electron chi connectivity index (χ1n) is 9.56. The molecule has 3 heterocycles. The molecule has 2 aromatic heterocycles. The Morgan fingerprint density at radius 3 is 2.47 bits per heavy atom. The van der Waals surface area contributed by atoms with E-state index >= 15 is 0 Å². The first-order valence-corrected chi connectivity index (χ1v) is 11.0. The summed E-state index contributed by atoms with van der Waals surface area (Å²) in [5, 5.41) is 2.86. The first kappa shape index (κ1) is 22.2. The van der Waals surface area contributed by atoms with Crippen LogP contribution < -0.4 is 5.32 Å². The van der Waals surface area contributed by atoms with Crippen molar-refractivity contribution in [2.75, 3.05) is 18.4 Å². The molecule has 1 saturated heterocycles. The molecule has 0 spiro atoms. The fraction of sp³-hybridized carbons (Fsp3) is 0.300. The highest BCUT2D eigenvalue weighted by atomic mass is 32.2. The average molecular weight is 469 g/mol. The number of benzene rings is 1. The van der Waals surface area contributed by atoms with Gasteiger partial charge in [-0.2, -0.15) is 17.5 Å². The number of halogens is 4. The van der Waals surface area contributed by atoms with Crippen LogP contribution in [-0.2, 0) is 23.2 Å². The van der Waals surface area contributed by atoms with Crippen molar-refractivity contribution in [1.82, 2.24) is 18.8 Å². The second-order valence-corrected chi connectivity index (χ2v) is 9.45. The third-order valence-corrected chi connectivity index (χ3v) is 7.00. The van der Waals surface area contributed by atoms with E-state index in [1.807, 2.05) is 0 Å². The Bertz CT molecular complexity index is 1210. The molecular formula is C20H19F4N5O2S. The lowest BCUT2D eigenvalue weighted by atomic mass is 9.94. The van der Waals surface area contributed by atoms with Crippen LogP contribution in [0.15, 0.2) is 60.3 Å². The number of imidazole rings is 1. The zero-order valence-corrected chi connectivity index (χ0v) is 17.6. The van der Waals surface area contributed by atoms with Gasteiger partial charge in [-0.3, -0.25) is 4.98 Å². The van der Waals surface area contributed by atoms with E-state index in [9.17, 15) is 26.0 Å². The molecule has 0 amide bonds. The normalized spacial score (nSPS) is 19.9. The van der Waals surface area contributed by atoms with Crippen LogP contribution in [-0.4, -0.2) is 46.4 Å². The number of hydrogen-bond donors (Lipinski definition) is 1. The predicted molar refractivity (Wildman–Crippen MR) is 108 cm³/mol. The number of aryl methyl sites for hydroxylation is 1. The van der Waals surface area contributed by atoms with Crippen molar-refractivity contribution >= 4 is 15.7 Å². The van der Waals surface area contributed by atoms with Gasteiger partial charge in [0.1, 0.15) is 5.82 Å². The number of aromatic nitrogens is 3. The van der Waals surface area contributed by atoms with Gasteiger partial charge in [0.15, 0.2) is 5.03 Å². The smallest absolute Gasteiger partial charge is 0.379 e. The van der Waals surface area contributed by atoms with E-state index in [0.717, 1.165) is 12.3 Å². The van der Waals surface area contributed by atoms with Gasteiger partial charge < -0.3 is 9.88 Å². The maximum absolute atomic E-state index is 13.4. The fourth-order valence-corrected chi connectivity index (χ4v) is 5.16. The predicted octanol–water partition coefficient (Wildman–Crippen LogP) is 3.24. The molecule has 0 saturated carbocycles. The quantitative estimate of drug-likeness (QED) is 0.581. The fourth-order valence-electron chi connectivity index (χ4n) is 3.70. The van der Waals surface area contributed by atoms with E-state index in [-0.39, 0.29) is 23.8 Å². The molecule has 0 aliphatic carbocycles. The molecule has 1 aromatic carbocycles. The lowest BCUT2D eigenvalue weighted by molar-refractivity contribution is -0.137. The third-order valence-electron chi connectivity index (χ3n) is 5.29. The molecule has 0 radical (unpaired) electrons. The number of alkyl halides is 3. The molecule has 7 nitrogen and oxygen atoms in total. The number of anilines is 1. The third kappa shape index (κ3) is 4.46. The van der Waals surface area contributed by atoms with Crippen LogP contribution in [0.2, 0.25) is 0 Å². The highest BCUT2D eigenvalue weighted by Crippen LogP contribution is 2.35. The van der Waals surface area contributed by atoms with Gasteiger partial charge in [-0.05, 0) is 23.8 Å². The standard InChI is InChI=1S/C20H19F4N5O2S/c1-28-11-19(26-12-28)32(30,31)29-9-17(13-2-4-15(21)5-3-13)18(10-29)27-16-6-14(7-25-8-16)20(22,23)24/h2-8,11-12,17-18,27H,9-10H2,1H3/t17-,18+/m1/s1. The Kier molecular flexibility index (Phi) is 5.67. The summed E-state index contributed by atoms with van der Waals surface area (Å²) in [6.45, 7) is 0.0335. The summed E-state index contributed by atoms with van der Waals surface area (Å²) in [6, 6.07) is 5.93. The molecular weight excluding hydrogens is 450 g/mol. The van der Waals surface area contributed by atoms with Crippen molar-refractivity contribution in [2.45, 2.75) is 23.2 Å². The summed E-state index contributed by atoms with van der Waals surface area (Å²) < 4.78 is 81.5. The Hall–Kier alpha value is -2.99. The van der Waals surface area contributed by atoms with Crippen LogP contribution in [0.5, 0.6) is 0 Å². The summed E-state index contributed by atoms with van der Waals surface area (Å²) in [5.41, 5.74) is -0.159. The number of sulfonamides is 1. The Balaban J connectivity index is 1.66. The molecule has 1 N–H and O–H groups in total. The second kappa shape index (κ2) is 8.17. The number of rotatable bonds is 5. The van der Waals surface area contributed by atoms with E-state index in [4.69, 9.17) is 0 Å². The molecule has 1 aliphatic rings. The lowest BCUT2D eigenvalue weighted by Crippen LogP contribution is -2.32. The number of nitrogens with zero attached hydrogens (tertiary/aromatic N) is 4. The topological polar surface area (TPSA) is 80.1 Å². The minimum atomic E-state index is -4.56. The molecule has 4 rings (SSSR count). The average Bonchev–Trinajstić information content (AvgIpc) is 3.36. The Morgan fingerprint density at radius 1 is 1.12 bits per heavy atom. The summed E-state index contributed by atoms with van der Waals surface area (Å²) in [6.07, 6.45) is 0.136. The number of pyridine rings is 1. The van der Waals surface area contributed by atoms with Crippen molar-refractivity contribution in [3.8, 4) is 0 Å². The lowest BCUT2D eigenvalue weighted by Gasteiger charge is -2.21. The Morgan fingerprint density at radius 2 is 1.84 bits per heavy atom. The van der Waals surface area contributed by atoms with Crippen molar-refractivity contribution in [2.24, 2.45) is 7.05 Å². The van der Waals surface area contributed by atoms with Crippen molar-refractivity contribution in [3.05, 3.63) is 72.2 Å². The van der Waals surface area contributed by atoms with Gasteiger partial charge in [-0.25, -0.2) is 17.8 Å². The minimum absolute atomic E-state index is 0.0167. The number of nitrogens with one attached hydrogen (secondary N) is 1. The SMILES string of the molecule is Cn1cnc(S(=O)(=O)N2C[C@H](Nc3cncc(C(F)(F)F)c3)[C@@H](c3ccc(F)cc3)C2)c1. The van der Waals surface area contributed by atoms with Crippen molar-refractivity contribution in [1.29, 1.82) is 0 Å². The Labute approximate surface area is 181 Å². The monoisotopic (exact) mass is 469 g/mol. The van der Waals surface area contributed by atoms with Gasteiger partial charge >= 0.3 is 6.18 Å². The van der Waals surface area contributed by atoms with Crippen molar-refractivity contribution in [3.63, 3.8) is 0 Å². The largest absolute Gasteiger partial charge is 0.417 e. The van der Waals surface area contributed by atoms with Crippen LogP contribution in [0, 0.1) is 5.82 Å². The highest BCUT2D eigenvalue weighted by molar-refractivity contribution is 7.89. The van der Waals surface area contributed by atoms with E-state index < -0.39 is 39.5 Å². The summed E-state index contributed by atoms with van der Waals surface area (Å²) in [5.74, 6) is -0.889. The van der Waals surface area contributed by atoms with E-state index in [1.165, 1.54) is 51.9 Å². The summed E-state index contributed by atoms with van der Waals surface area (Å²) in [4.78, 5) is 7.56. The first-order chi connectivity index (χ1) is 15.0. The minimum Gasteiger partial charge on any atom is -0.379 e. The van der Waals surface area contributed by atoms with Gasteiger partial charge in [-0.15, -0.1) is 0 Å². The second-order valence-electron chi connectivity index (χ2n) is 7.57. The molecule has 12 heteroatoms. The van der Waals surface area contributed by atoms with Crippen LogP contribution in [0.1, 0.15) is 17.0 Å². The number of hydrogen-bond acceptors (Lipinski definition) is 5. The molecule has 1 aliphatic heterocycles. The maximum atomic E-state index is 13.4. The summed E-state index contributed by atoms with van der Waals surface area (Å²) in [7, 11) is -2.29. The molecule has 170 valence electrons. The van der Waals surface area contributed by atoms with Gasteiger partial charge in [0.2, 0.25) is 0 Å². The van der Waals surface area contributed by atoms with E-state index in [2.05, 4.69) is 15.3 Å². The zero-order chi connectivity index (χ0) is 23.1. The molecule has 2 atom stereocenters. The molecule has 0 unspecified atom stereocenters. The highest BCUT2D eigenvalue weighted by Gasteiger charge is 2.41. The van der Waals surface area contributed by atoms with Gasteiger partial charge in [0, 0.05) is 50.7 Å². The van der Waals surface area contributed by atoms with E-state index in [0.29, 0.717) is 5.56 Å². The van der Waals surface area contributed by atoms with Gasteiger partial charge in [-0.1, -0.05) is 12.1 Å². The molecule has 3 aromatic rings. The van der Waals surface area contributed by atoms with Gasteiger partial charge in [0.25, 0.3) is 10.0 Å². The molecule has 32 heavy (non-hydrogen) atoms.